The lowest BCUT2D eigenvalue weighted by molar-refractivity contribution is -0.139. The molecule has 3 rings (SSSR count). The Labute approximate surface area is 154 Å². The number of dihydropyridines is 1. The van der Waals surface area contributed by atoms with Crippen molar-refractivity contribution in [2.75, 3.05) is 6.61 Å². The van der Waals surface area contributed by atoms with E-state index in [-0.39, 0.29) is 17.2 Å². The van der Waals surface area contributed by atoms with Gasteiger partial charge in [0, 0.05) is 29.6 Å². The molecule has 0 bridgehead atoms. The molecule has 0 spiro atoms. The molecular formula is C21H26N2O3. The van der Waals surface area contributed by atoms with Crippen LogP contribution in [0.5, 0.6) is 0 Å². The van der Waals surface area contributed by atoms with E-state index in [1.807, 2.05) is 32.0 Å². The van der Waals surface area contributed by atoms with Gasteiger partial charge in [-0.3, -0.25) is 9.78 Å². The summed E-state index contributed by atoms with van der Waals surface area (Å²) in [7, 11) is 0. The lowest BCUT2D eigenvalue weighted by Gasteiger charge is -2.39. The van der Waals surface area contributed by atoms with E-state index in [1.54, 1.807) is 6.20 Å². The summed E-state index contributed by atoms with van der Waals surface area (Å²) in [5.74, 6) is -0.773. The second-order valence-corrected chi connectivity index (χ2v) is 7.82. The highest BCUT2D eigenvalue weighted by Crippen LogP contribution is 2.46. The summed E-state index contributed by atoms with van der Waals surface area (Å²) in [6, 6.07) is 5.58. The first-order valence-corrected chi connectivity index (χ1v) is 9.16. The molecule has 138 valence electrons. The molecule has 1 aromatic rings. The number of nitrogens with zero attached hydrogens (tertiary/aromatic N) is 1. The number of pyridine rings is 1. The fraction of sp³-hybridized carbons (Fsp3) is 0.476. The van der Waals surface area contributed by atoms with E-state index in [9.17, 15) is 9.59 Å². The first-order valence-electron chi connectivity index (χ1n) is 9.16. The predicted octanol–water partition coefficient (Wildman–Crippen LogP) is 3.64. The zero-order chi connectivity index (χ0) is 18.9. The molecule has 1 aliphatic carbocycles. The minimum absolute atomic E-state index is 0.0766. The summed E-state index contributed by atoms with van der Waals surface area (Å²) in [6.45, 7) is 8.37. The van der Waals surface area contributed by atoms with E-state index >= 15 is 0 Å². The number of carbonyl (C=O) groups is 2. The van der Waals surface area contributed by atoms with Crippen molar-refractivity contribution in [2.24, 2.45) is 5.41 Å². The van der Waals surface area contributed by atoms with Crippen LogP contribution >= 0.6 is 0 Å². The van der Waals surface area contributed by atoms with Gasteiger partial charge in [-0.05, 0) is 37.3 Å². The Morgan fingerprint density at radius 1 is 1.35 bits per heavy atom. The molecule has 1 atom stereocenters. The topological polar surface area (TPSA) is 68.3 Å². The molecule has 2 aliphatic rings. The summed E-state index contributed by atoms with van der Waals surface area (Å²) in [5.41, 5.74) is 3.41. The summed E-state index contributed by atoms with van der Waals surface area (Å²) < 4.78 is 5.41. The quantitative estimate of drug-likeness (QED) is 0.836. The van der Waals surface area contributed by atoms with Gasteiger partial charge in [0.2, 0.25) is 0 Å². The summed E-state index contributed by atoms with van der Waals surface area (Å²) >= 11 is 0. The molecule has 0 radical (unpaired) electrons. The van der Waals surface area contributed by atoms with Crippen molar-refractivity contribution in [1.82, 2.24) is 10.3 Å². The third-order valence-corrected chi connectivity index (χ3v) is 4.88. The Hall–Kier alpha value is -2.43. The van der Waals surface area contributed by atoms with Crippen molar-refractivity contribution < 1.29 is 14.3 Å². The van der Waals surface area contributed by atoms with E-state index in [0.717, 1.165) is 24.2 Å². The fourth-order valence-electron chi connectivity index (χ4n) is 3.82. The van der Waals surface area contributed by atoms with Gasteiger partial charge in [0.05, 0.1) is 23.8 Å². The average molecular weight is 354 g/mol. The molecule has 1 aromatic heterocycles. The highest BCUT2D eigenvalue weighted by atomic mass is 16.5. The molecule has 5 heteroatoms. The molecule has 5 nitrogen and oxygen atoms in total. The Morgan fingerprint density at radius 2 is 2.12 bits per heavy atom. The molecule has 26 heavy (non-hydrogen) atoms. The van der Waals surface area contributed by atoms with E-state index in [2.05, 4.69) is 24.1 Å². The molecular weight excluding hydrogens is 328 g/mol. The van der Waals surface area contributed by atoms with Crippen molar-refractivity contribution in [3.63, 3.8) is 0 Å². The van der Waals surface area contributed by atoms with Crippen LogP contribution in [0.1, 0.15) is 58.6 Å². The van der Waals surface area contributed by atoms with Crippen LogP contribution in [-0.4, -0.2) is 23.3 Å². The van der Waals surface area contributed by atoms with E-state index in [1.165, 1.54) is 0 Å². The maximum absolute atomic E-state index is 13.0. The molecule has 0 saturated heterocycles. The van der Waals surface area contributed by atoms with Crippen LogP contribution in [0.4, 0.5) is 0 Å². The molecule has 2 heterocycles. The van der Waals surface area contributed by atoms with Gasteiger partial charge in [0.1, 0.15) is 0 Å². The van der Waals surface area contributed by atoms with Gasteiger partial charge in [0.25, 0.3) is 0 Å². The maximum Gasteiger partial charge on any atom is 0.336 e. The number of nitrogens with one attached hydrogen (secondary N) is 1. The third-order valence-electron chi connectivity index (χ3n) is 4.88. The maximum atomic E-state index is 13.0. The van der Waals surface area contributed by atoms with Crippen molar-refractivity contribution in [2.45, 2.75) is 52.9 Å². The second kappa shape index (κ2) is 7.06. The molecule has 0 fully saturated rings. The van der Waals surface area contributed by atoms with Crippen molar-refractivity contribution in [1.29, 1.82) is 0 Å². The molecule has 1 aliphatic heterocycles. The number of allylic oxidation sites excluding steroid dienone is 3. The number of rotatable bonds is 4. The minimum Gasteiger partial charge on any atom is -0.462 e. The van der Waals surface area contributed by atoms with Crippen molar-refractivity contribution in [3.05, 3.63) is 52.6 Å². The number of aromatic nitrogens is 1. The number of esters is 1. The Morgan fingerprint density at radius 3 is 2.77 bits per heavy atom. The fourth-order valence-corrected chi connectivity index (χ4v) is 3.82. The van der Waals surface area contributed by atoms with Gasteiger partial charge >= 0.3 is 5.97 Å². The van der Waals surface area contributed by atoms with Crippen molar-refractivity contribution >= 4 is 11.8 Å². The van der Waals surface area contributed by atoms with E-state index in [4.69, 9.17) is 4.74 Å². The van der Waals surface area contributed by atoms with Crippen LogP contribution in [0, 0.1) is 5.41 Å². The second-order valence-electron chi connectivity index (χ2n) is 7.82. The normalized spacial score (nSPS) is 22.0. The Balaban J connectivity index is 2.11. The molecule has 1 N–H and O–H groups in total. The number of hydrogen-bond acceptors (Lipinski definition) is 5. The van der Waals surface area contributed by atoms with Crippen LogP contribution in [0.25, 0.3) is 0 Å². The van der Waals surface area contributed by atoms with Gasteiger partial charge in [-0.25, -0.2) is 4.79 Å². The highest BCUT2D eigenvalue weighted by Gasteiger charge is 2.43. The van der Waals surface area contributed by atoms with Crippen molar-refractivity contribution in [3.8, 4) is 0 Å². The highest BCUT2D eigenvalue weighted by molar-refractivity contribution is 6.04. The number of ether oxygens (including phenoxy) is 1. The molecule has 0 saturated carbocycles. The van der Waals surface area contributed by atoms with E-state index < -0.39 is 5.92 Å². The monoisotopic (exact) mass is 354 g/mol. The number of ketones is 1. The first kappa shape index (κ1) is 18.4. The summed E-state index contributed by atoms with van der Waals surface area (Å²) in [5, 5.41) is 3.32. The van der Waals surface area contributed by atoms with Gasteiger partial charge in [-0.2, -0.15) is 0 Å². The Kier molecular flexibility index (Phi) is 4.99. The molecule has 0 amide bonds. The predicted molar refractivity (Wildman–Crippen MR) is 99.1 cm³/mol. The van der Waals surface area contributed by atoms with Gasteiger partial charge in [-0.15, -0.1) is 0 Å². The van der Waals surface area contributed by atoms with Crippen LogP contribution < -0.4 is 5.32 Å². The first-order chi connectivity index (χ1) is 12.3. The lowest BCUT2D eigenvalue weighted by Crippen LogP contribution is -2.39. The van der Waals surface area contributed by atoms with Gasteiger partial charge in [-0.1, -0.05) is 26.8 Å². The van der Waals surface area contributed by atoms with E-state index in [0.29, 0.717) is 29.9 Å². The lowest BCUT2D eigenvalue weighted by atomic mass is 9.69. The largest absolute Gasteiger partial charge is 0.462 e. The molecule has 0 aromatic carbocycles. The smallest absolute Gasteiger partial charge is 0.336 e. The summed E-state index contributed by atoms with van der Waals surface area (Å²) in [4.78, 5) is 30.2. The SMILES string of the molecule is CCCOC(=O)C1=C(C)NC2=C(C(=O)CC(C)(C)C2)[C@H]1c1ccccn1. The summed E-state index contributed by atoms with van der Waals surface area (Å²) in [6.07, 6.45) is 3.68. The van der Waals surface area contributed by atoms with Crippen LogP contribution in [0.3, 0.4) is 0 Å². The zero-order valence-corrected chi connectivity index (χ0v) is 15.9. The third kappa shape index (κ3) is 3.43. The minimum atomic E-state index is -0.472. The van der Waals surface area contributed by atoms with Gasteiger partial charge in [0.15, 0.2) is 5.78 Å². The van der Waals surface area contributed by atoms with Crippen LogP contribution in [0.15, 0.2) is 46.9 Å². The number of hydrogen-bond donors (Lipinski definition) is 1. The standard InChI is InChI=1S/C21H26N2O3/c1-5-10-26-20(25)17-13(2)23-15-11-21(3,4)12-16(24)18(15)19(17)14-8-6-7-9-22-14/h6-9,19,23H,5,10-12H2,1-4H3/t19-/m0/s1. The van der Waals surface area contributed by atoms with Crippen LogP contribution in [-0.2, 0) is 14.3 Å². The Bertz CT molecular complexity index is 791. The number of Topliss-reactive ketones (excluding diaryl/α,β-unsaturated/α-hetero) is 1. The van der Waals surface area contributed by atoms with Crippen LogP contribution in [0.2, 0.25) is 0 Å². The average Bonchev–Trinajstić information content (AvgIpc) is 2.58. The van der Waals surface area contributed by atoms with Gasteiger partial charge < -0.3 is 10.1 Å². The number of carbonyl (C=O) groups excluding carboxylic acids is 2. The zero-order valence-electron chi connectivity index (χ0n) is 15.9. The molecule has 0 unspecified atom stereocenters.